The van der Waals surface area contributed by atoms with Crippen molar-refractivity contribution in [3.8, 4) is 0 Å². The predicted molar refractivity (Wildman–Crippen MR) is 69.0 cm³/mol. The van der Waals surface area contributed by atoms with Crippen LogP contribution in [0, 0.1) is 5.92 Å². The molecule has 0 amide bonds. The molecule has 0 radical (unpaired) electrons. The van der Waals surface area contributed by atoms with Crippen LogP contribution in [0.4, 0.5) is 0 Å². The molecule has 0 aromatic heterocycles. The fourth-order valence-corrected chi connectivity index (χ4v) is 2.59. The molecule has 86 valence electrons. The van der Waals surface area contributed by atoms with Crippen LogP contribution in [0.3, 0.4) is 0 Å². The van der Waals surface area contributed by atoms with Gasteiger partial charge in [-0.2, -0.15) is 0 Å². The van der Waals surface area contributed by atoms with Crippen molar-refractivity contribution in [2.24, 2.45) is 5.92 Å². The highest BCUT2D eigenvalue weighted by Gasteiger charge is 2.17. The summed E-state index contributed by atoms with van der Waals surface area (Å²) in [5, 5.41) is 0. The van der Waals surface area contributed by atoms with E-state index in [0.29, 0.717) is 0 Å². The zero-order valence-electron chi connectivity index (χ0n) is 10.7. The second-order valence-electron chi connectivity index (χ2n) is 4.57. The molecule has 0 nitrogen and oxygen atoms in total. The summed E-state index contributed by atoms with van der Waals surface area (Å²) < 4.78 is 0. The Morgan fingerprint density at radius 1 is 1.00 bits per heavy atom. The van der Waals surface area contributed by atoms with Crippen LogP contribution in [0.15, 0.2) is 23.3 Å². The predicted octanol–water partition coefficient (Wildman–Crippen LogP) is 5.26. The first-order valence-corrected chi connectivity index (χ1v) is 6.73. The van der Waals surface area contributed by atoms with Gasteiger partial charge in [0.25, 0.3) is 0 Å². The second-order valence-corrected chi connectivity index (χ2v) is 4.57. The molecule has 0 spiro atoms. The van der Waals surface area contributed by atoms with Crippen molar-refractivity contribution >= 4 is 0 Å². The first-order valence-electron chi connectivity index (χ1n) is 6.73. The molecule has 1 aliphatic carbocycles. The average molecular weight is 206 g/mol. The zero-order chi connectivity index (χ0) is 11.1. The molecular weight excluding hydrogens is 180 g/mol. The highest BCUT2D eigenvalue weighted by molar-refractivity contribution is 5.36. The Morgan fingerprint density at radius 2 is 1.80 bits per heavy atom. The van der Waals surface area contributed by atoms with Gasteiger partial charge in [0.05, 0.1) is 0 Å². The summed E-state index contributed by atoms with van der Waals surface area (Å²) in [5.41, 5.74) is 3.33. The molecule has 1 rings (SSSR count). The Labute approximate surface area is 95.5 Å². The van der Waals surface area contributed by atoms with Crippen LogP contribution in [0.2, 0.25) is 0 Å². The lowest BCUT2D eigenvalue weighted by molar-refractivity contribution is 0.570. The molecule has 1 unspecified atom stereocenters. The van der Waals surface area contributed by atoms with Crippen molar-refractivity contribution in [1.29, 1.82) is 0 Å². The van der Waals surface area contributed by atoms with Crippen molar-refractivity contribution in [1.82, 2.24) is 0 Å². The molecule has 1 aliphatic rings. The molecule has 0 aromatic rings. The van der Waals surface area contributed by atoms with Gasteiger partial charge in [0.2, 0.25) is 0 Å². The summed E-state index contributed by atoms with van der Waals surface area (Å²) in [6.07, 6.45) is 14.2. The van der Waals surface area contributed by atoms with Gasteiger partial charge in [-0.05, 0) is 30.8 Å². The third-order valence-electron chi connectivity index (χ3n) is 3.52. The first-order chi connectivity index (χ1) is 7.33. The van der Waals surface area contributed by atoms with Gasteiger partial charge in [0.15, 0.2) is 0 Å². The summed E-state index contributed by atoms with van der Waals surface area (Å²) in [7, 11) is 0. The van der Waals surface area contributed by atoms with Gasteiger partial charge in [-0.3, -0.25) is 0 Å². The standard InChI is InChI=1S/C15H26/c1-4-7-8-9-10-14-12-11-13(5-2)15(14)6-3/h11-12,14H,4-10H2,1-3H3. The van der Waals surface area contributed by atoms with E-state index in [1.807, 2.05) is 0 Å². The quantitative estimate of drug-likeness (QED) is 0.498. The van der Waals surface area contributed by atoms with E-state index in [0.717, 1.165) is 5.92 Å². The first kappa shape index (κ1) is 12.5. The lowest BCUT2D eigenvalue weighted by Crippen LogP contribution is -1.99. The van der Waals surface area contributed by atoms with Gasteiger partial charge in [0, 0.05) is 0 Å². The smallest absolute Gasteiger partial charge is 0.00143 e. The van der Waals surface area contributed by atoms with Crippen molar-refractivity contribution in [3.63, 3.8) is 0 Å². The number of rotatable bonds is 7. The Hall–Kier alpha value is -0.520. The maximum atomic E-state index is 2.43. The molecule has 0 aromatic carbocycles. The number of unbranched alkanes of at least 4 members (excludes halogenated alkanes) is 3. The zero-order valence-corrected chi connectivity index (χ0v) is 10.7. The van der Waals surface area contributed by atoms with Crippen molar-refractivity contribution in [3.05, 3.63) is 23.3 Å². The van der Waals surface area contributed by atoms with Crippen LogP contribution in [0.1, 0.15) is 65.7 Å². The maximum absolute atomic E-state index is 2.43. The largest absolute Gasteiger partial charge is 0.0771 e. The van der Waals surface area contributed by atoms with E-state index in [1.54, 1.807) is 11.1 Å². The highest BCUT2D eigenvalue weighted by Crippen LogP contribution is 2.33. The molecule has 0 heterocycles. The molecule has 0 aliphatic heterocycles. The Bertz CT molecular complexity index is 232. The van der Waals surface area contributed by atoms with Gasteiger partial charge in [-0.1, -0.05) is 64.2 Å². The summed E-state index contributed by atoms with van der Waals surface area (Å²) in [6, 6.07) is 0. The SMILES string of the molecule is CCCCCCC1C=CC(CC)=C1CC. The van der Waals surface area contributed by atoms with Gasteiger partial charge in [-0.25, -0.2) is 0 Å². The Kier molecular flexibility index (Phi) is 5.75. The molecular formula is C15H26. The normalized spacial score (nSPS) is 20.3. The van der Waals surface area contributed by atoms with E-state index in [2.05, 4.69) is 32.9 Å². The summed E-state index contributed by atoms with van der Waals surface area (Å²) >= 11 is 0. The topological polar surface area (TPSA) is 0 Å². The lowest BCUT2D eigenvalue weighted by Gasteiger charge is -2.13. The average Bonchev–Trinajstić information content (AvgIpc) is 2.66. The number of hydrogen-bond donors (Lipinski definition) is 0. The van der Waals surface area contributed by atoms with Crippen LogP contribution >= 0.6 is 0 Å². The summed E-state index contributed by atoms with van der Waals surface area (Å²) in [4.78, 5) is 0. The van der Waals surface area contributed by atoms with Crippen LogP contribution in [-0.4, -0.2) is 0 Å². The van der Waals surface area contributed by atoms with E-state index >= 15 is 0 Å². The molecule has 0 saturated heterocycles. The minimum Gasteiger partial charge on any atom is -0.0771 e. The van der Waals surface area contributed by atoms with E-state index in [1.165, 1.54) is 44.9 Å². The summed E-state index contributed by atoms with van der Waals surface area (Å²) in [5.74, 6) is 0.779. The molecule has 15 heavy (non-hydrogen) atoms. The van der Waals surface area contributed by atoms with Gasteiger partial charge in [0.1, 0.15) is 0 Å². The van der Waals surface area contributed by atoms with Gasteiger partial charge < -0.3 is 0 Å². The van der Waals surface area contributed by atoms with E-state index in [9.17, 15) is 0 Å². The monoisotopic (exact) mass is 206 g/mol. The van der Waals surface area contributed by atoms with E-state index < -0.39 is 0 Å². The van der Waals surface area contributed by atoms with Crippen molar-refractivity contribution in [2.75, 3.05) is 0 Å². The third kappa shape index (κ3) is 3.52. The molecule has 0 saturated carbocycles. The Morgan fingerprint density at radius 3 is 2.40 bits per heavy atom. The minimum atomic E-state index is 0.779. The van der Waals surface area contributed by atoms with Crippen LogP contribution in [-0.2, 0) is 0 Å². The van der Waals surface area contributed by atoms with Gasteiger partial charge in [-0.15, -0.1) is 0 Å². The van der Waals surface area contributed by atoms with E-state index in [4.69, 9.17) is 0 Å². The highest BCUT2D eigenvalue weighted by atomic mass is 14.2. The fourth-order valence-electron chi connectivity index (χ4n) is 2.59. The van der Waals surface area contributed by atoms with Crippen molar-refractivity contribution in [2.45, 2.75) is 65.7 Å². The number of allylic oxidation sites excluding steroid dienone is 4. The fraction of sp³-hybridized carbons (Fsp3) is 0.733. The summed E-state index contributed by atoms with van der Waals surface area (Å²) in [6.45, 7) is 6.86. The minimum absolute atomic E-state index is 0.779. The van der Waals surface area contributed by atoms with Crippen LogP contribution in [0.5, 0.6) is 0 Å². The maximum Gasteiger partial charge on any atom is -0.00143 e. The second kappa shape index (κ2) is 6.87. The molecule has 0 N–H and O–H groups in total. The molecule has 0 heteroatoms. The molecule has 0 bridgehead atoms. The lowest BCUT2D eigenvalue weighted by atomic mass is 9.92. The molecule has 0 fully saturated rings. The van der Waals surface area contributed by atoms with Crippen LogP contribution < -0.4 is 0 Å². The van der Waals surface area contributed by atoms with Gasteiger partial charge >= 0.3 is 0 Å². The Balaban J connectivity index is 2.37. The number of hydrogen-bond acceptors (Lipinski definition) is 0. The molecule has 1 atom stereocenters. The van der Waals surface area contributed by atoms with Crippen LogP contribution in [0.25, 0.3) is 0 Å². The van der Waals surface area contributed by atoms with E-state index in [-0.39, 0.29) is 0 Å². The van der Waals surface area contributed by atoms with Crippen molar-refractivity contribution < 1.29 is 0 Å². The third-order valence-corrected chi connectivity index (χ3v) is 3.52.